The summed E-state index contributed by atoms with van der Waals surface area (Å²) in [5, 5.41) is 13.7. The fourth-order valence-corrected chi connectivity index (χ4v) is 5.43. The molecule has 1 fully saturated rings. The van der Waals surface area contributed by atoms with E-state index in [2.05, 4.69) is 46.2 Å². The molecule has 0 unspecified atom stereocenters. The molecule has 3 aromatic rings. The summed E-state index contributed by atoms with van der Waals surface area (Å²) in [5.74, 6) is 2.24. The van der Waals surface area contributed by atoms with E-state index in [-0.39, 0.29) is 17.4 Å². The summed E-state index contributed by atoms with van der Waals surface area (Å²) in [4.78, 5) is 31.6. The van der Waals surface area contributed by atoms with E-state index >= 15 is 0 Å². The first-order chi connectivity index (χ1) is 16.3. The van der Waals surface area contributed by atoms with Gasteiger partial charge in [-0.05, 0) is 39.0 Å². The Kier molecular flexibility index (Phi) is 6.01. The van der Waals surface area contributed by atoms with Gasteiger partial charge in [-0.3, -0.25) is 14.8 Å². The minimum absolute atomic E-state index is 0.0165. The van der Waals surface area contributed by atoms with Crippen LogP contribution in [0.5, 0.6) is 0 Å². The highest BCUT2D eigenvalue weighted by atomic mass is 32.1. The molecule has 10 heteroatoms. The van der Waals surface area contributed by atoms with Crippen LogP contribution in [-0.2, 0) is 23.1 Å². The molecule has 0 bridgehead atoms. The Labute approximate surface area is 204 Å². The second-order valence-electron chi connectivity index (χ2n) is 9.94. The molecule has 5 rings (SSSR count). The van der Waals surface area contributed by atoms with E-state index in [4.69, 9.17) is 9.97 Å². The molecule has 0 spiro atoms. The molecule has 0 aromatic carbocycles. The summed E-state index contributed by atoms with van der Waals surface area (Å²) in [7, 11) is 0. The van der Waals surface area contributed by atoms with Crippen LogP contribution < -0.4 is 15.1 Å². The molecule has 0 saturated carbocycles. The van der Waals surface area contributed by atoms with Gasteiger partial charge in [0.05, 0.1) is 5.69 Å². The lowest BCUT2D eigenvalue weighted by Crippen LogP contribution is -2.46. The van der Waals surface area contributed by atoms with Crippen molar-refractivity contribution in [3.8, 4) is 0 Å². The van der Waals surface area contributed by atoms with Gasteiger partial charge in [0.1, 0.15) is 11.9 Å². The third-order valence-corrected chi connectivity index (χ3v) is 7.38. The summed E-state index contributed by atoms with van der Waals surface area (Å²) in [6.45, 7) is 9.80. The van der Waals surface area contributed by atoms with Gasteiger partial charge in [0.2, 0.25) is 5.95 Å². The zero-order valence-electron chi connectivity index (χ0n) is 20.3. The van der Waals surface area contributed by atoms with Gasteiger partial charge in [-0.25, -0.2) is 9.97 Å². The molecule has 0 radical (unpaired) electrons. The third kappa shape index (κ3) is 4.26. The maximum atomic E-state index is 13.5. The molecule has 9 nitrogen and oxygen atoms in total. The molecule has 34 heavy (non-hydrogen) atoms. The molecule has 1 atom stereocenters. The van der Waals surface area contributed by atoms with Crippen molar-refractivity contribution in [3.63, 3.8) is 0 Å². The summed E-state index contributed by atoms with van der Waals surface area (Å²) < 4.78 is 0. The lowest BCUT2D eigenvalue weighted by molar-refractivity contribution is -0.119. The number of carbonyl (C=O) groups excluding carboxylic acids is 1. The predicted molar refractivity (Wildman–Crippen MR) is 135 cm³/mol. The summed E-state index contributed by atoms with van der Waals surface area (Å²) in [5.41, 5.74) is 3.28. The Bertz CT molecular complexity index is 1170. The van der Waals surface area contributed by atoms with E-state index in [0.717, 1.165) is 72.4 Å². The summed E-state index contributed by atoms with van der Waals surface area (Å²) in [6, 6.07) is 1.76. The van der Waals surface area contributed by atoms with E-state index in [9.17, 15) is 4.79 Å². The van der Waals surface area contributed by atoms with E-state index in [1.165, 1.54) is 11.3 Å². The number of nitrogens with zero attached hydrogens (tertiary/aromatic N) is 6. The molecule has 3 aromatic heterocycles. The maximum Gasteiger partial charge on any atom is 0.251 e. The molecule has 2 aliphatic rings. The molecular formula is C24H32N8OS. The van der Waals surface area contributed by atoms with E-state index in [1.807, 2.05) is 18.4 Å². The van der Waals surface area contributed by atoms with Crippen LogP contribution in [-0.4, -0.2) is 50.2 Å². The first kappa shape index (κ1) is 22.8. The smallest absolute Gasteiger partial charge is 0.251 e. The van der Waals surface area contributed by atoms with Crippen LogP contribution in [0.1, 0.15) is 63.9 Å². The number of hydrogen-bond donors (Lipinski definition) is 2. The van der Waals surface area contributed by atoms with Gasteiger partial charge in [0, 0.05) is 47.4 Å². The number of thiazole rings is 1. The van der Waals surface area contributed by atoms with Crippen molar-refractivity contribution in [1.82, 2.24) is 25.1 Å². The fourth-order valence-electron chi connectivity index (χ4n) is 4.72. The summed E-state index contributed by atoms with van der Waals surface area (Å²) >= 11 is 1.49. The van der Waals surface area contributed by atoms with Crippen LogP contribution in [0.2, 0.25) is 0 Å². The van der Waals surface area contributed by atoms with Gasteiger partial charge in [-0.2, -0.15) is 10.1 Å². The van der Waals surface area contributed by atoms with E-state index < -0.39 is 0 Å². The standard InChI is InChI=1S/C24H32N8OS/c1-5-31(23-25-11-13-34-23)21(33)17-10-7-12-32(17)22-26-16-9-6-8-15(16)20(28-22)27-19-14-18(29-30-19)24(2,3)4/h11,13-14,17H,5-10,12H2,1-4H3,(H2,26,27,28,29,30)/t17-/m1/s1. The monoisotopic (exact) mass is 480 g/mol. The SMILES string of the molecule is CCN(C(=O)[C@H]1CCCN1c1nc2c(c(Nc3cc(C(C)(C)C)[nH]n3)n1)CCC2)c1nccs1. The van der Waals surface area contributed by atoms with Crippen molar-refractivity contribution in [1.29, 1.82) is 0 Å². The van der Waals surface area contributed by atoms with Crippen molar-refractivity contribution in [3.05, 3.63) is 34.6 Å². The second-order valence-corrected chi connectivity index (χ2v) is 10.8. The Hall–Kier alpha value is -3.01. The number of carbonyl (C=O) groups is 1. The number of nitrogens with one attached hydrogen (secondary N) is 2. The highest BCUT2D eigenvalue weighted by Gasteiger charge is 2.37. The number of hydrogen-bond acceptors (Lipinski definition) is 8. The Morgan fingerprint density at radius 1 is 1.29 bits per heavy atom. The normalized spacial score (nSPS) is 17.8. The van der Waals surface area contributed by atoms with Gasteiger partial charge in [-0.15, -0.1) is 11.3 Å². The number of anilines is 4. The number of H-pyrrole nitrogens is 1. The first-order valence-corrected chi connectivity index (χ1v) is 12.9. The predicted octanol–water partition coefficient (Wildman–Crippen LogP) is 4.21. The average molecular weight is 481 g/mol. The van der Waals surface area contributed by atoms with Gasteiger partial charge < -0.3 is 10.2 Å². The van der Waals surface area contributed by atoms with Crippen molar-refractivity contribution in [2.45, 2.75) is 71.3 Å². The number of rotatable bonds is 6. The van der Waals surface area contributed by atoms with Crippen molar-refractivity contribution < 1.29 is 4.79 Å². The van der Waals surface area contributed by atoms with Crippen LogP contribution in [0.4, 0.5) is 22.7 Å². The van der Waals surface area contributed by atoms with Crippen LogP contribution in [0.3, 0.4) is 0 Å². The van der Waals surface area contributed by atoms with Crippen LogP contribution in [0.25, 0.3) is 0 Å². The summed E-state index contributed by atoms with van der Waals surface area (Å²) in [6.07, 6.45) is 6.40. The van der Waals surface area contributed by atoms with Crippen LogP contribution in [0, 0.1) is 0 Å². The number of amides is 1. The highest BCUT2D eigenvalue weighted by molar-refractivity contribution is 7.13. The second kappa shape index (κ2) is 8.98. The van der Waals surface area contributed by atoms with Crippen molar-refractivity contribution in [2.75, 3.05) is 28.2 Å². The largest absolute Gasteiger partial charge is 0.329 e. The lowest BCUT2D eigenvalue weighted by atomic mass is 9.92. The quantitative estimate of drug-likeness (QED) is 0.545. The van der Waals surface area contributed by atoms with Crippen molar-refractivity contribution in [2.24, 2.45) is 0 Å². The molecule has 1 aliphatic carbocycles. The number of aromatic amines is 1. The Balaban J connectivity index is 1.44. The fraction of sp³-hybridized carbons (Fsp3) is 0.542. The van der Waals surface area contributed by atoms with Gasteiger partial charge in [0.15, 0.2) is 10.9 Å². The zero-order chi connectivity index (χ0) is 23.9. The molecule has 2 N–H and O–H groups in total. The average Bonchev–Trinajstić information content (AvgIpc) is 3.60. The molecule has 1 saturated heterocycles. The third-order valence-electron chi connectivity index (χ3n) is 6.58. The molecule has 1 amide bonds. The van der Waals surface area contributed by atoms with E-state index in [1.54, 1.807) is 11.1 Å². The molecule has 1 aliphatic heterocycles. The van der Waals surface area contributed by atoms with Crippen LogP contribution in [0.15, 0.2) is 17.6 Å². The van der Waals surface area contributed by atoms with Gasteiger partial charge in [-0.1, -0.05) is 20.8 Å². The van der Waals surface area contributed by atoms with Gasteiger partial charge >= 0.3 is 0 Å². The first-order valence-electron chi connectivity index (χ1n) is 12.1. The maximum absolute atomic E-state index is 13.5. The number of aryl methyl sites for hydroxylation is 1. The van der Waals surface area contributed by atoms with Crippen molar-refractivity contribution >= 4 is 40.0 Å². The van der Waals surface area contributed by atoms with Crippen LogP contribution >= 0.6 is 11.3 Å². The highest BCUT2D eigenvalue weighted by Crippen LogP contribution is 2.34. The Morgan fingerprint density at radius 2 is 2.15 bits per heavy atom. The number of aromatic nitrogens is 5. The topological polar surface area (TPSA) is 103 Å². The minimum Gasteiger partial charge on any atom is -0.329 e. The Morgan fingerprint density at radius 3 is 2.85 bits per heavy atom. The molecule has 180 valence electrons. The molecule has 4 heterocycles. The zero-order valence-corrected chi connectivity index (χ0v) is 21.1. The number of likely N-dealkylation sites (N-methyl/N-ethyl adjacent to an activating group) is 1. The number of fused-ring (bicyclic) bond motifs is 1. The van der Waals surface area contributed by atoms with Gasteiger partial charge in [0.25, 0.3) is 5.91 Å². The lowest BCUT2D eigenvalue weighted by Gasteiger charge is -2.29. The van der Waals surface area contributed by atoms with E-state index in [0.29, 0.717) is 12.5 Å². The minimum atomic E-state index is -0.283. The molecular weight excluding hydrogens is 448 g/mol.